The fourth-order valence-electron chi connectivity index (χ4n) is 1.98. The Bertz CT molecular complexity index is 551. The summed E-state index contributed by atoms with van der Waals surface area (Å²) in [5.74, 6) is 1.61. The summed E-state index contributed by atoms with van der Waals surface area (Å²) in [6, 6.07) is 16.7. The predicted molar refractivity (Wildman–Crippen MR) is 96.5 cm³/mol. The maximum absolute atomic E-state index is 5.80. The van der Waals surface area contributed by atoms with Crippen molar-refractivity contribution in [1.29, 1.82) is 0 Å². The number of halogens is 1. The first-order chi connectivity index (χ1) is 10.1. The first-order valence-electron chi connectivity index (χ1n) is 7.30. The average Bonchev–Trinajstić information content (AvgIpc) is 2.46. The molecule has 0 heterocycles. The SMILES string of the molecule is CC(C)CNCc1ccc(COc2cccc(I)c2)cc1. The van der Waals surface area contributed by atoms with Gasteiger partial charge in [-0.25, -0.2) is 0 Å². The molecule has 2 aromatic carbocycles. The van der Waals surface area contributed by atoms with Gasteiger partial charge >= 0.3 is 0 Å². The van der Waals surface area contributed by atoms with E-state index in [1.807, 2.05) is 18.2 Å². The number of rotatable bonds is 7. The van der Waals surface area contributed by atoms with Gasteiger partial charge in [-0.15, -0.1) is 0 Å². The number of hydrogen-bond acceptors (Lipinski definition) is 2. The van der Waals surface area contributed by atoms with Crippen molar-refractivity contribution in [2.75, 3.05) is 6.54 Å². The van der Waals surface area contributed by atoms with Crippen molar-refractivity contribution in [2.45, 2.75) is 27.0 Å². The van der Waals surface area contributed by atoms with Crippen LogP contribution >= 0.6 is 22.6 Å². The van der Waals surface area contributed by atoms with E-state index in [9.17, 15) is 0 Å². The van der Waals surface area contributed by atoms with E-state index in [1.165, 1.54) is 14.7 Å². The highest BCUT2D eigenvalue weighted by Crippen LogP contribution is 2.16. The molecule has 0 spiro atoms. The van der Waals surface area contributed by atoms with E-state index in [0.29, 0.717) is 12.5 Å². The van der Waals surface area contributed by atoms with Crippen LogP contribution in [0.3, 0.4) is 0 Å². The van der Waals surface area contributed by atoms with Crippen LogP contribution in [0.5, 0.6) is 5.75 Å². The van der Waals surface area contributed by atoms with Gasteiger partial charge in [0.25, 0.3) is 0 Å². The summed E-state index contributed by atoms with van der Waals surface area (Å²) < 4.78 is 7.00. The minimum absolute atomic E-state index is 0.611. The van der Waals surface area contributed by atoms with Gasteiger partial charge < -0.3 is 10.1 Å². The topological polar surface area (TPSA) is 21.3 Å². The van der Waals surface area contributed by atoms with Crippen molar-refractivity contribution >= 4 is 22.6 Å². The van der Waals surface area contributed by atoms with Gasteiger partial charge in [0.2, 0.25) is 0 Å². The average molecular weight is 395 g/mol. The Labute approximate surface area is 141 Å². The minimum atomic E-state index is 0.611. The van der Waals surface area contributed by atoms with Crippen LogP contribution in [0, 0.1) is 9.49 Å². The summed E-state index contributed by atoms with van der Waals surface area (Å²) in [4.78, 5) is 0. The first kappa shape index (κ1) is 16.3. The van der Waals surface area contributed by atoms with Gasteiger partial charge in [0.05, 0.1) is 0 Å². The fraction of sp³-hybridized carbons (Fsp3) is 0.333. The maximum Gasteiger partial charge on any atom is 0.120 e. The molecule has 0 fully saturated rings. The summed E-state index contributed by atoms with van der Waals surface area (Å²) in [6.07, 6.45) is 0. The third-order valence-corrected chi connectivity index (χ3v) is 3.78. The summed E-state index contributed by atoms with van der Waals surface area (Å²) in [7, 11) is 0. The van der Waals surface area contributed by atoms with Crippen LogP contribution in [0.4, 0.5) is 0 Å². The quantitative estimate of drug-likeness (QED) is 0.691. The Balaban J connectivity index is 1.82. The van der Waals surface area contributed by atoms with Gasteiger partial charge in [-0.2, -0.15) is 0 Å². The van der Waals surface area contributed by atoms with Crippen molar-refractivity contribution < 1.29 is 4.74 Å². The van der Waals surface area contributed by atoms with Crippen LogP contribution in [-0.4, -0.2) is 6.54 Å². The van der Waals surface area contributed by atoms with Crippen LogP contribution in [0.25, 0.3) is 0 Å². The van der Waals surface area contributed by atoms with Crippen LogP contribution in [0.2, 0.25) is 0 Å². The van der Waals surface area contributed by atoms with Crippen molar-refractivity contribution in [3.8, 4) is 5.75 Å². The standard InChI is InChI=1S/C18H22INO/c1-14(2)11-20-12-15-6-8-16(9-7-15)13-21-18-5-3-4-17(19)10-18/h3-10,14,20H,11-13H2,1-2H3. The third-order valence-electron chi connectivity index (χ3n) is 3.11. The molecule has 2 nitrogen and oxygen atoms in total. The van der Waals surface area contributed by atoms with E-state index >= 15 is 0 Å². The van der Waals surface area contributed by atoms with Gasteiger partial charge in [0, 0.05) is 10.1 Å². The van der Waals surface area contributed by atoms with Crippen LogP contribution < -0.4 is 10.1 Å². The molecule has 0 aromatic heterocycles. The molecule has 0 radical (unpaired) electrons. The molecule has 0 bridgehead atoms. The molecule has 0 saturated carbocycles. The summed E-state index contributed by atoms with van der Waals surface area (Å²) >= 11 is 2.29. The lowest BCUT2D eigenvalue weighted by molar-refractivity contribution is 0.306. The molecule has 1 N–H and O–H groups in total. The van der Waals surface area contributed by atoms with E-state index in [2.05, 4.69) is 72.1 Å². The highest BCUT2D eigenvalue weighted by molar-refractivity contribution is 14.1. The Morgan fingerprint density at radius 3 is 2.43 bits per heavy atom. The Hall–Kier alpha value is -1.07. The molecule has 0 aliphatic heterocycles. The van der Waals surface area contributed by atoms with Gasteiger partial charge in [-0.05, 0) is 64.4 Å². The molecular formula is C18H22INO. The molecule has 3 heteroatoms. The molecule has 0 unspecified atom stereocenters. The summed E-state index contributed by atoms with van der Waals surface area (Å²) in [5, 5.41) is 3.45. The molecular weight excluding hydrogens is 373 g/mol. The van der Waals surface area contributed by atoms with Gasteiger partial charge in [-0.1, -0.05) is 44.2 Å². The van der Waals surface area contributed by atoms with Gasteiger partial charge in [0.1, 0.15) is 12.4 Å². The van der Waals surface area contributed by atoms with Crippen LogP contribution in [0.15, 0.2) is 48.5 Å². The number of nitrogens with one attached hydrogen (secondary N) is 1. The summed E-state index contributed by atoms with van der Waals surface area (Å²) in [5.41, 5.74) is 2.51. The lowest BCUT2D eigenvalue weighted by atomic mass is 10.1. The van der Waals surface area contributed by atoms with E-state index in [0.717, 1.165) is 18.8 Å². The monoisotopic (exact) mass is 395 g/mol. The highest BCUT2D eigenvalue weighted by atomic mass is 127. The molecule has 112 valence electrons. The predicted octanol–water partition coefficient (Wildman–Crippen LogP) is 4.62. The largest absolute Gasteiger partial charge is 0.489 e. The van der Waals surface area contributed by atoms with Crippen LogP contribution in [0.1, 0.15) is 25.0 Å². The third kappa shape index (κ3) is 6.06. The van der Waals surface area contributed by atoms with Crippen molar-refractivity contribution in [3.63, 3.8) is 0 Å². The van der Waals surface area contributed by atoms with Crippen LogP contribution in [-0.2, 0) is 13.2 Å². The van der Waals surface area contributed by atoms with E-state index in [4.69, 9.17) is 4.74 Å². The molecule has 0 amide bonds. The molecule has 2 aromatic rings. The zero-order valence-corrected chi connectivity index (χ0v) is 14.8. The first-order valence-corrected chi connectivity index (χ1v) is 8.38. The molecule has 2 rings (SSSR count). The van der Waals surface area contributed by atoms with Crippen molar-refractivity contribution in [1.82, 2.24) is 5.32 Å². The van der Waals surface area contributed by atoms with Crippen molar-refractivity contribution in [3.05, 3.63) is 63.2 Å². The van der Waals surface area contributed by atoms with E-state index < -0.39 is 0 Å². The molecule has 0 saturated heterocycles. The lowest BCUT2D eigenvalue weighted by Crippen LogP contribution is -2.18. The molecule has 21 heavy (non-hydrogen) atoms. The summed E-state index contributed by atoms with van der Waals surface area (Å²) in [6.45, 7) is 7.03. The normalized spacial score (nSPS) is 10.9. The molecule has 0 aliphatic rings. The van der Waals surface area contributed by atoms with Crippen molar-refractivity contribution in [2.24, 2.45) is 5.92 Å². The fourth-order valence-corrected chi connectivity index (χ4v) is 2.50. The number of hydrogen-bond donors (Lipinski definition) is 1. The highest BCUT2D eigenvalue weighted by Gasteiger charge is 1.99. The second-order valence-electron chi connectivity index (χ2n) is 5.59. The minimum Gasteiger partial charge on any atom is -0.489 e. The van der Waals surface area contributed by atoms with E-state index in [-0.39, 0.29) is 0 Å². The van der Waals surface area contributed by atoms with Gasteiger partial charge in [-0.3, -0.25) is 0 Å². The Morgan fingerprint density at radius 2 is 1.76 bits per heavy atom. The zero-order chi connectivity index (χ0) is 15.1. The lowest BCUT2D eigenvalue weighted by Gasteiger charge is -2.09. The van der Waals surface area contributed by atoms with E-state index in [1.54, 1.807) is 0 Å². The molecule has 0 atom stereocenters. The number of ether oxygens (including phenoxy) is 1. The zero-order valence-electron chi connectivity index (χ0n) is 12.6. The second kappa shape index (κ2) is 8.39. The Morgan fingerprint density at radius 1 is 1.05 bits per heavy atom. The smallest absolute Gasteiger partial charge is 0.120 e. The molecule has 0 aliphatic carbocycles. The Kier molecular flexibility index (Phi) is 6.51. The second-order valence-corrected chi connectivity index (χ2v) is 6.83. The number of benzene rings is 2. The van der Waals surface area contributed by atoms with Gasteiger partial charge in [0.15, 0.2) is 0 Å². The maximum atomic E-state index is 5.80.